The molecule has 178 valence electrons. The number of hydrazine groups is 1. The molecular formula is C26H27N7OS. The van der Waals surface area contributed by atoms with Gasteiger partial charge in [-0.15, -0.1) is 0 Å². The van der Waals surface area contributed by atoms with Gasteiger partial charge in [-0.3, -0.25) is 15.2 Å². The molecule has 2 saturated carbocycles. The van der Waals surface area contributed by atoms with Gasteiger partial charge in [0.1, 0.15) is 5.82 Å². The largest absolute Gasteiger partial charge is 0.339 e. The van der Waals surface area contributed by atoms with Crippen molar-refractivity contribution in [2.75, 3.05) is 5.32 Å². The predicted molar refractivity (Wildman–Crippen MR) is 136 cm³/mol. The number of hydrogen-bond acceptors (Lipinski definition) is 7. The average molecular weight is 486 g/mol. The highest BCUT2D eigenvalue weighted by molar-refractivity contribution is 7.08. The highest BCUT2D eigenvalue weighted by Gasteiger charge is 2.43. The Labute approximate surface area is 207 Å². The van der Waals surface area contributed by atoms with Crippen LogP contribution in [0.25, 0.3) is 22.3 Å². The van der Waals surface area contributed by atoms with Crippen LogP contribution in [0, 0.1) is 11.8 Å². The van der Waals surface area contributed by atoms with Crippen LogP contribution >= 0.6 is 11.3 Å². The zero-order valence-corrected chi connectivity index (χ0v) is 20.0. The molecule has 2 aliphatic carbocycles. The Bertz CT molecular complexity index is 1380. The number of amides is 1. The maximum atomic E-state index is 12.2. The van der Waals surface area contributed by atoms with Gasteiger partial charge >= 0.3 is 0 Å². The van der Waals surface area contributed by atoms with Crippen molar-refractivity contribution in [3.63, 3.8) is 0 Å². The van der Waals surface area contributed by atoms with Crippen LogP contribution in [0.3, 0.4) is 0 Å². The smallest absolute Gasteiger partial charge is 0.227 e. The van der Waals surface area contributed by atoms with Crippen LogP contribution in [-0.2, 0) is 4.79 Å². The van der Waals surface area contributed by atoms with Crippen molar-refractivity contribution in [3.8, 4) is 11.1 Å². The Morgan fingerprint density at radius 3 is 2.91 bits per heavy atom. The van der Waals surface area contributed by atoms with Gasteiger partial charge in [0.25, 0.3) is 0 Å². The molecule has 1 saturated heterocycles. The van der Waals surface area contributed by atoms with Crippen LogP contribution in [0.2, 0.25) is 0 Å². The normalized spacial score (nSPS) is 26.1. The van der Waals surface area contributed by atoms with Crippen LogP contribution in [0.4, 0.5) is 5.69 Å². The number of thiophene rings is 1. The minimum atomic E-state index is 0.0815. The molecule has 0 radical (unpaired) electrons. The summed E-state index contributed by atoms with van der Waals surface area (Å²) in [5.41, 5.74) is 13.1. The number of nitrogens with one attached hydrogen (secondary N) is 4. The topological polar surface area (TPSA) is 108 Å². The van der Waals surface area contributed by atoms with Gasteiger partial charge < -0.3 is 10.3 Å². The fourth-order valence-electron chi connectivity index (χ4n) is 5.70. The van der Waals surface area contributed by atoms with Crippen LogP contribution in [-0.4, -0.2) is 31.9 Å². The second kappa shape index (κ2) is 8.51. The number of hydrogen-bond donors (Lipinski definition) is 4. The monoisotopic (exact) mass is 485 g/mol. The number of carbonyl (C=O) groups is 1. The maximum Gasteiger partial charge on any atom is 0.227 e. The number of nitrogens with zero attached hydrogens (tertiary/aromatic N) is 3. The van der Waals surface area contributed by atoms with Gasteiger partial charge in [0.05, 0.1) is 23.4 Å². The minimum absolute atomic E-state index is 0.0815. The molecule has 0 spiro atoms. The molecule has 1 amide bonds. The molecule has 8 nitrogen and oxygen atoms in total. The summed E-state index contributed by atoms with van der Waals surface area (Å²) in [6.45, 7) is 0. The van der Waals surface area contributed by atoms with E-state index in [4.69, 9.17) is 4.98 Å². The molecule has 0 bridgehead atoms. The predicted octanol–water partition coefficient (Wildman–Crippen LogP) is 4.53. The molecule has 0 aromatic carbocycles. The van der Waals surface area contributed by atoms with Gasteiger partial charge in [-0.1, -0.05) is 0 Å². The standard InChI is InChI=1S/C26H27N7OS/c34-26(14-1-2-14)29-18-9-17(11-27-12-18)15-3-4-21-20(10-15)23(33-32-21)25-30-22-19(16-6-8-35-13-16)5-7-28-24(22)31-25/h5-9,11-15,20-21,23,32-33H,1-4,10H2,(H,29,34)(H,28,30,31). The number of H-pyrrole nitrogens is 1. The van der Waals surface area contributed by atoms with Crippen molar-refractivity contribution in [3.05, 3.63) is 58.9 Å². The van der Waals surface area contributed by atoms with Crippen molar-refractivity contribution in [2.45, 2.75) is 50.1 Å². The summed E-state index contributed by atoms with van der Waals surface area (Å²) in [6, 6.07) is 6.78. The van der Waals surface area contributed by atoms with E-state index in [1.54, 1.807) is 17.5 Å². The van der Waals surface area contributed by atoms with Gasteiger partial charge in [-0.25, -0.2) is 15.4 Å². The lowest BCUT2D eigenvalue weighted by atomic mass is 9.73. The van der Waals surface area contributed by atoms with Crippen LogP contribution in [0.1, 0.15) is 55.5 Å². The van der Waals surface area contributed by atoms with Gasteiger partial charge in [0, 0.05) is 29.9 Å². The first-order valence-electron chi connectivity index (χ1n) is 12.4. The Kier molecular flexibility index (Phi) is 5.15. The van der Waals surface area contributed by atoms with Gasteiger partial charge in [-0.2, -0.15) is 11.3 Å². The fourth-order valence-corrected chi connectivity index (χ4v) is 6.36. The zero-order chi connectivity index (χ0) is 23.4. The van der Waals surface area contributed by atoms with Crippen molar-refractivity contribution in [1.82, 2.24) is 30.8 Å². The SMILES string of the molecule is O=C(Nc1cncc(C2CCC3NNC(c4nc5nccc(-c6ccsc6)c5[nH]4)C3C2)c1)C1CC1. The molecule has 4 aromatic rings. The number of anilines is 1. The molecule has 1 aliphatic heterocycles. The Balaban J connectivity index is 1.14. The average Bonchev–Trinajstić information content (AvgIpc) is 3.26. The first-order chi connectivity index (χ1) is 17.2. The van der Waals surface area contributed by atoms with Gasteiger partial charge in [-0.05, 0) is 84.0 Å². The summed E-state index contributed by atoms with van der Waals surface area (Å²) < 4.78 is 0. The highest BCUT2D eigenvalue weighted by atomic mass is 32.1. The van der Waals surface area contributed by atoms with E-state index in [2.05, 4.69) is 54.0 Å². The van der Waals surface area contributed by atoms with E-state index >= 15 is 0 Å². The molecule has 5 heterocycles. The maximum absolute atomic E-state index is 12.2. The van der Waals surface area contributed by atoms with Crippen molar-refractivity contribution in [1.29, 1.82) is 0 Å². The second-order valence-corrected chi connectivity index (χ2v) is 10.8. The first-order valence-corrected chi connectivity index (χ1v) is 13.3. The van der Waals surface area contributed by atoms with Crippen LogP contribution < -0.4 is 16.2 Å². The quantitative estimate of drug-likeness (QED) is 0.331. The molecular weight excluding hydrogens is 458 g/mol. The molecule has 4 unspecified atom stereocenters. The lowest BCUT2D eigenvalue weighted by molar-refractivity contribution is -0.117. The summed E-state index contributed by atoms with van der Waals surface area (Å²) in [5.74, 6) is 2.03. The minimum Gasteiger partial charge on any atom is -0.339 e. The van der Waals surface area contributed by atoms with Crippen molar-refractivity contribution in [2.24, 2.45) is 11.8 Å². The van der Waals surface area contributed by atoms with Crippen LogP contribution in [0.5, 0.6) is 0 Å². The summed E-state index contributed by atoms with van der Waals surface area (Å²) in [7, 11) is 0. The summed E-state index contributed by atoms with van der Waals surface area (Å²) in [4.78, 5) is 29.7. The van der Waals surface area contributed by atoms with Crippen molar-refractivity contribution >= 4 is 34.1 Å². The third kappa shape index (κ3) is 3.93. The van der Waals surface area contributed by atoms with E-state index in [9.17, 15) is 4.79 Å². The number of aromatic nitrogens is 4. The fraction of sp³-hybridized carbons (Fsp3) is 0.385. The number of pyridine rings is 2. The van der Waals surface area contributed by atoms with Gasteiger partial charge in [0.15, 0.2) is 5.65 Å². The van der Waals surface area contributed by atoms with E-state index in [1.165, 1.54) is 11.1 Å². The summed E-state index contributed by atoms with van der Waals surface area (Å²) >= 11 is 1.69. The highest BCUT2D eigenvalue weighted by Crippen LogP contribution is 2.44. The summed E-state index contributed by atoms with van der Waals surface area (Å²) in [6.07, 6.45) is 10.7. The molecule has 4 N–H and O–H groups in total. The number of fused-ring (bicyclic) bond motifs is 2. The third-order valence-electron chi connectivity index (χ3n) is 7.74. The molecule has 3 aliphatic rings. The molecule has 3 fully saturated rings. The number of imidazole rings is 1. The molecule has 35 heavy (non-hydrogen) atoms. The molecule has 4 aromatic heterocycles. The zero-order valence-electron chi connectivity index (χ0n) is 19.2. The van der Waals surface area contributed by atoms with Crippen LogP contribution in [0.15, 0.2) is 47.5 Å². The molecule has 9 heteroatoms. The Morgan fingerprint density at radius 1 is 1.11 bits per heavy atom. The Hall–Kier alpha value is -3.14. The first kappa shape index (κ1) is 21.2. The van der Waals surface area contributed by atoms with E-state index in [0.29, 0.717) is 17.9 Å². The molecule has 7 rings (SSSR count). The third-order valence-corrected chi connectivity index (χ3v) is 8.42. The second-order valence-electron chi connectivity index (χ2n) is 10.0. The number of rotatable bonds is 5. The molecule has 4 atom stereocenters. The van der Waals surface area contributed by atoms with Crippen molar-refractivity contribution < 1.29 is 4.79 Å². The Morgan fingerprint density at radius 2 is 2.06 bits per heavy atom. The number of carbonyl (C=O) groups excluding carboxylic acids is 1. The van der Waals surface area contributed by atoms with E-state index < -0.39 is 0 Å². The van der Waals surface area contributed by atoms with Gasteiger partial charge in [0.2, 0.25) is 5.91 Å². The summed E-state index contributed by atoms with van der Waals surface area (Å²) in [5, 5.41) is 7.30. The van der Waals surface area contributed by atoms with E-state index in [1.807, 2.05) is 18.5 Å². The lowest BCUT2D eigenvalue weighted by Gasteiger charge is -2.33. The van der Waals surface area contributed by atoms with E-state index in [0.717, 1.165) is 60.3 Å². The van der Waals surface area contributed by atoms with E-state index in [-0.39, 0.29) is 17.9 Å². The number of aromatic amines is 1. The lowest BCUT2D eigenvalue weighted by Crippen LogP contribution is -2.34.